The first kappa shape index (κ1) is 25.9. The third-order valence-electron chi connectivity index (χ3n) is 5.87. The molecule has 8 heteroatoms. The van der Waals surface area contributed by atoms with E-state index in [2.05, 4.69) is 0 Å². The van der Waals surface area contributed by atoms with Gasteiger partial charge in [-0.25, -0.2) is 4.79 Å². The summed E-state index contributed by atoms with van der Waals surface area (Å²) in [5.74, 6) is 2.51. The number of fused-ring (bicyclic) bond motifs is 1. The summed E-state index contributed by atoms with van der Waals surface area (Å²) in [4.78, 5) is 11.9. The lowest BCUT2D eigenvalue weighted by Crippen LogP contribution is -2.33. The third-order valence-corrected chi connectivity index (χ3v) is 5.87. The molecule has 0 aliphatic carbocycles. The van der Waals surface area contributed by atoms with Crippen molar-refractivity contribution in [1.29, 1.82) is 0 Å². The molecule has 0 bridgehead atoms. The average molecular weight is 507 g/mol. The Morgan fingerprint density at radius 2 is 1.62 bits per heavy atom. The molecule has 0 spiro atoms. The van der Waals surface area contributed by atoms with E-state index in [0.29, 0.717) is 46.5 Å². The van der Waals surface area contributed by atoms with Gasteiger partial charge in [0.05, 0.1) is 27.4 Å². The second kappa shape index (κ2) is 11.7. The minimum atomic E-state index is -0.834. The Kier molecular flexibility index (Phi) is 8.20. The van der Waals surface area contributed by atoms with Crippen molar-refractivity contribution in [2.24, 2.45) is 0 Å². The molecule has 1 aromatic heterocycles. The second-order valence-corrected chi connectivity index (χ2v) is 8.28. The minimum absolute atomic E-state index is 0.361. The van der Waals surface area contributed by atoms with Gasteiger partial charge in [0.15, 0.2) is 35.2 Å². The number of aryl methyl sites for hydroxylation is 1. The summed E-state index contributed by atoms with van der Waals surface area (Å²) < 4.78 is 34.6. The van der Waals surface area contributed by atoms with Gasteiger partial charge in [-0.05, 0) is 55.8 Å². The van der Waals surface area contributed by atoms with Gasteiger partial charge < -0.3 is 33.2 Å². The van der Waals surface area contributed by atoms with Gasteiger partial charge in [0.2, 0.25) is 0 Å². The van der Waals surface area contributed by atoms with Gasteiger partial charge in [-0.1, -0.05) is 18.2 Å². The molecule has 1 N–H and O–H groups in total. The molecule has 0 fully saturated rings. The molecule has 2 unspecified atom stereocenters. The van der Waals surface area contributed by atoms with Gasteiger partial charge in [0, 0.05) is 23.1 Å². The first-order valence-corrected chi connectivity index (χ1v) is 11.9. The van der Waals surface area contributed by atoms with Crippen LogP contribution in [0.1, 0.15) is 24.2 Å². The molecule has 0 saturated carbocycles. The molecule has 1 heterocycles. The van der Waals surface area contributed by atoms with E-state index < -0.39 is 17.8 Å². The average Bonchev–Trinajstić information content (AvgIpc) is 2.91. The van der Waals surface area contributed by atoms with Crippen molar-refractivity contribution in [3.8, 4) is 28.7 Å². The number of methoxy groups -OCH3 is 2. The highest BCUT2D eigenvalue weighted by Gasteiger charge is 2.29. The predicted molar refractivity (Wildman–Crippen MR) is 139 cm³/mol. The number of hydrogen-bond donors (Lipinski definition) is 1. The normalized spacial score (nSPS) is 12.6. The molecule has 0 saturated heterocycles. The van der Waals surface area contributed by atoms with E-state index in [1.807, 2.05) is 38.1 Å². The van der Waals surface area contributed by atoms with E-state index in [4.69, 9.17) is 28.1 Å². The molecule has 3 aromatic carbocycles. The molecule has 4 rings (SSSR count). The molecule has 2 atom stereocenters. The Labute approximate surface area is 214 Å². The lowest BCUT2D eigenvalue weighted by atomic mass is 10.0. The van der Waals surface area contributed by atoms with E-state index in [1.54, 1.807) is 50.6 Å². The van der Waals surface area contributed by atoms with Gasteiger partial charge in [0.1, 0.15) is 11.3 Å². The highest BCUT2D eigenvalue weighted by molar-refractivity contribution is 5.81. The molecule has 0 amide bonds. The Bertz CT molecular complexity index is 1410. The predicted octanol–water partition coefficient (Wildman–Crippen LogP) is 5.08. The number of aliphatic hydroxyl groups is 1. The zero-order chi connectivity index (χ0) is 26.4. The fraction of sp³-hybridized carbons (Fsp3) is 0.276. The molecule has 0 radical (unpaired) electrons. The van der Waals surface area contributed by atoms with Crippen LogP contribution < -0.4 is 29.3 Å². The Morgan fingerprint density at radius 1 is 0.865 bits per heavy atom. The van der Waals surface area contributed by atoms with Crippen molar-refractivity contribution < 1.29 is 33.2 Å². The maximum Gasteiger partial charge on any atom is 0.336 e. The first-order valence-electron chi connectivity index (χ1n) is 11.9. The lowest BCUT2D eigenvalue weighted by molar-refractivity contribution is 0.0133. The maximum absolute atomic E-state index is 11.9. The summed E-state index contributed by atoms with van der Waals surface area (Å²) in [5.41, 5.74) is 1.44. The van der Waals surface area contributed by atoms with Gasteiger partial charge >= 0.3 is 5.63 Å². The van der Waals surface area contributed by atoms with Crippen LogP contribution >= 0.6 is 0 Å². The third kappa shape index (κ3) is 5.81. The quantitative estimate of drug-likeness (QED) is 0.282. The van der Waals surface area contributed by atoms with Gasteiger partial charge in [-0.3, -0.25) is 0 Å². The van der Waals surface area contributed by atoms with Crippen LogP contribution in [0.2, 0.25) is 0 Å². The van der Waals surface area contributed by atoms with Gasteiger partial charge in [-0.15, -0.1) is 0 Å². The Hall–Kier alpha value is -4.17. The number of benzene rings is 3. The standard InChI is InChI=1S/C29H30O8/c1-5-34-23-13-10-19(15-26(23)33-4)29(27(17-30)36-24-9-7-6-8-22(24)32-3)35-20-11-12-21-18(2)14-28(31)37-25(21)16-20/h6-16,27,29-30H,5,17H2,1-4H3. The van der Waals surface area contributed by atoms with Crippen LogP contribution in [0.5, 0.6) is 28.7 Å². The fourth-order valence-electron chi connectivity index (χ4n) is 4.09. The summed E-state index contributed by atoms with van der Waals surface area (Å²) in [6.45, 7) is 3.85. The summed E-state index contributed by atoms with van der Waals surface area (Å²) in [7, 11) is 3.10. The van der Waals surface area contributed by atoms with Crippen LogP contribution in [-0.4, -0.2) is 38.6 Å². The molecular formula is C29H30O8. The molecule has 0 aliphatic rings. The van der Waals surface area contributed by atoms with Crippen molar-refractivity contribution in [3.63, 3.8) is 0 Å². The Balaban J connectivity index is 1.77. The van der Waals surface area contributed by atoms with Crippen LogP contribution in [0.25, 0.3) is 11.0 Å². The molecule has 37 heavy (non-hydrogen) atoms. The largest absolute Gasteiger partial charge is 0.493 e. The summed E-state index contributed by atoms with van der Waals surface area (Å²) in [5, 5.41) is 11.2. The fourth-order valence-corrected chi connectivity index (χ4v) is 4.09. The van der Waals surface area contributed by atoms with E-state index >= 15 is 0 Å². The monoisotopic (exact) mass is 506 g/mol. The number of ether oxygens (including phenoxy) is 5. The van der Waals surface area contributed by atoms with Crippen LogP contribution in [-0.2, 0) is 0 Å². The van der Waals surface area contributed by atoms with E-state index in [-0.39, 0.29) is 6.61 Å². The SMILES string of the molecule is CCOc1ccc(C(Oc2ccc3c(C)cc(=O)oc3c2)C(CO)Oc2ccccc2OC)cc1OC. The lowest BCUT2D eigenvalue weighted by Gasteiger charge is -2.28. The maximum atomic E-state index is 11.9. The Morgan fingerprint density at radius 3 is 2.32 bits per heavy atom. The first-order chi connectivity index (χ1) is 18.0. The summed E-state index contributed by atoms with van der Waals surface area (Å²) in [6.07, 6.45) is -1.62. The van der Waals surface area contributed by atoms with E-state index in [1.165, 1.54) is 6.07 Å². The van der Waals surface area contributed by atoms with Crippen molar-refractivity contribution in [1.82, 2.24) is 0 Å². The highest BCUT2D eigenvalue weighted by Crippen LogP contribution is 2.36. The van der Waals surface area contributed by atoms with Crippen molar-refractivity contribution >= 4 is 11.0 Å². The molecular weight excluding hydrogens is 476 g/mol. The highest BCUT2D eigenvalue weighted by atomic mass is 16.6. The second-order valence-electron chi connectivity index (χ2n) is 8.28. The van der Waals surface area contributed by atoms with Gasteiger partial charge in [-0.2, -0.15) is 0 Å². The minimum Gasteiger partial charge on any atom is -0.493 e. The van der Waals surface area contributed by atoms with Crippen molar-refractivity contribution in [2.75, 3.05) is 27.4 Å². The van der Waals surface area contributed by atoms with Crippen LogP contribution in [0.15, 0.2) is 75.9 Å². The molecule has 0 aliphatic heterocycles. The van der Waals surface area contributed by atoms with Crippen LogP contribution in [0, 0.1) is 6.92 Å². The summed E-state index contributed by atoms with van der Waals surface area (Å²) >= 11 is 0. The topological polar surface area (TPSA) is 96.6 Å². The number of aliphatic hydroxyl groups excluding tert-OH is 1. The van der Waals surface area contributed by atoms with Crippen molar-refractivity contribution in [3.05, 3.63) is 88.3 Å². The van der Waals surface area contributed by atoms with Crippen molar-refractivity contribution in [2.45, 2.75) is 26.1 Å². The number of rotatable bonds is 11. The zero-order valence-corrected chi connectivity index (χ0v) is 21.2. The molecule has 4 aromatic rings. The smallest absolute Gasteiger partial charge is 0.336 e. The van der Waals surface area contributed by atoms with E-state index in [0.717, 1.165) is 10.9 Å². The zero-order valence-electron chi connectivity index (χ0n) is 21.2. The number of para-hydroxylation sites is 2. The molecule has 8 nitrogen and oxygen atoms in total. The van der Waals surface area contributed by atoms with Crippen LogP contribution in [0.3, 0.4) is 0 Å². The molecule has 194 valence electrons. The van der Waals surface area contributed by atoms with E-state index in [9.17, 15) is 9.90 Å². The van der Waals surface area contributed by atoms with Gasteiger partial charge in [0.25, 0.3) is 0 Å². The summed E-state index contributed by atoms with van der Waals surface area (Å²) in [6, 6.07) is 19.3. The van der Waals surface area contributed by atoms with Crippen LogP contribution in [0.4, 0.5) is 0 Å². The number of hydrogen-bond acceptors (Lipinski definition) is 8.